The third-order valence-electron chi connectivity index (χ3n) is 2.51. The Bertz CT molecular complexity index is 281. The maximum absolute atomic E-state index is 5.63. The molecule has 13 heavy (non-hydrogen) atoms. The van der Waals surface area contributed by atoms with E-state index >= 15 is 0 Å². The molecule has 1 saturated carbocycles. The summed E-state index contributed by atoms with van der Waals surface area (Å²) in [5.41, 5.74) is 0. The number of aryl methyl sites for hydroxylation is 1. The van der Waals surface area contributed by atoms with Gasteiger partial charge < -0.3 is 0 Å². The van der Waals surface area contributed by atoms with Crippen LogP contribution in [-0.2, 0) is 6.42 Å². The zero-order chi connectivity index (χ0) is 9.26. The number of nitrogens with zero attached hydrogens (tertiary/aromatic N) is 2. The molecule has 0 bridgehead atoms. The highest BCUT2D eigenvalue weighted by Crippen LogP contribution is 2.42. The van der Waals surface area contributed by atoms with Gasteiger partial charge in [-0.25, -0.2) is 0 Å². The van der Waals surface area contributed by atoms with Crippen molar-refractivity contribution in [2.24, 2.45) is 5.92 Å². The standard InChI is InChI=1S/C9H13ClN2S/c1-6-4-7(5-6)9-12-11-8(13-9)2-3-10/h6-7H,2-5H2,1H3. The molecule has 0 radical (unpaired) electrons. The summed E-state index contributed by atoms with van der Waals surface area (Å²) in [4.78, 5) is 0. The third kappa shape index (κ3) is 2.02. The average molecular weight is 217 g/mol. The van der Waals surface area contributed by atoms with Gasteiger partial charge >= 0.3 is 0 Å². The lowest BCUT2D eigenvalue weighted by Gasteiger charge is -2.30. The molecule has 0 N–H and O–H groups in total. The molecular formula is C9H13ClN2S. The van der Waals surface area contributed by atoms with Crippen LogP contribution in [0.3, 0.4) is 0 Å². The Hall–Kier alpha value is -0.150. The Labute approximate surface area is 87.3 Å². The number of hydrogen-bond donors (Lipinski definition) is 0. The number of rotatable bonds is 3. The molecule has 0 atom stereocenters. The van der Waals surface area contributed by atoms with Crippen LogP contribution in [0.1, 0.15) is 35.7 Å². The van der Waals surface area contributed by atoms with Crippen molar-refractivity contribution < 1.29 is 0 Å². The molecule has 0 saturated heterocycles. The molecule has 1 aromatic heterocycles. The lowest BCUT2D eigenvalue weighted by atomic mass is 9.77. The summed E-state index contributed by atoms with van der Waals surface area (Å²) < 4.78 is 0. The van der Waals surface area contributed by atoms with E-state index in [-0.39, 0.29) is 0 Å². The molecule has 1 fully saturated rings. The Morgan fingerprint density at radius 1 is 1.46 bits per heavy atom. The van der Waals surface area contributed by atoms with Gasteiger partial charge in [0.2, 0.25) is 0 Å². The van der Waals surface area contributed by atoms with E-state index in [1.54, 1.807) is 11.3 Å². The minimum Gasteiger partial charge on any atom is -0.144 e. The number of aromatic nitrogens is 2. The van der Waals surface area contributed by atoms with Crippen molar-refractivity contribution in [3.05, 3.63) is 10.0 Å². The summed E-state index contributed by atoms with van der Waals surface area (Å²) in [5.74, 6) is 2.22. The first-order valence-corrected chi connectivity index (χ1v) is 6.03. The van der Waals surface area contributed by atoms with Crippen LogP contribution in [0, 0.1) is 5.92 Å². The maximum atomic E-state index is 5.63. The van der Waals surface area contributed by atoms with Crippen molar-refractivity contribution in [1.29, 1.82) is 0 Å². The number of alkyl halides is 1. The predicted molar refractivity (Wildman–Crippen MR) is 55.5 cm³/mol. The fourth-order valence-electron chi connectivity index (χ4n) is 1.72. The zero-order valence-electron chi connectivity index (χ0n) is 7.66. The molecule has 1 heterocycles. The van der Waals surface area contributed by atoms with Crippen LogP contribution in [0.2, 0.25) is 0 Å². The van der Waals surface area contributed by atoms with Crippen LogP contribution in [0.5, 0.6) is 0 Å². The number of hydrogen-bond acceptors (Lipinski definition) is 3. The lowest BCUT2D eigenvalue weighted by Crippen LogP contribution is -2.18. The van der Waals surface area contributed by atoms with Crippen molar-refractivity contribution in [1.82, 2.24) is 10.2 Å². The molecule has 2 rings (SSSR count). The molecule has 0 aliphatic heterocycles. The van der Waals surface area contributed by atoms with Crippen molar-refractivity contribution >= 4 is 22.9 Å². The van der Waals surface area contributed by atoms with E-state index in [1.807, 2.05) is 0 Å². The molecule has 1 aliphatic carbocycles. The van der Waals surface area contributed by atoms with Gasteiger partial charge in [0.25, 0.3) is 0 Å². The summed E-state index contributed by atoms with van der Waals surface area (Å²) >= 11 is 7.37. The molecule has 0 unspecified atom stereocenters. The molecule has 0 spiro atoms. The highest BCUT2D eigenvalue weighted by Gasteiger charge is 2.29. The van der Waals surface area contributed by atoms with Crippen LogP contribution in [-0.4, -0.2) is 16.1 Å². The van der Waals surface area contributed by atoms with Gasteiger partial charge in [0, 0.05) is 18.2 Å². The van der Waals surface area contributed by atoms with E-state index in [4.69, 9.17) is 11.6 Å². The molecule has 1 aromatic rings. The van der Waals surface area contributed by atoms with Crippen LogP contribution >= 0.6 is 22.9 Å². The summed E-state index contributed by atoms with van der Waals surface area (Å²) in [6, 6.07) is 0. The Kier molecular flexibility index (Phi) is 2.84. The molecule has 0 aromatic carbocycles. The fraction of sp³-hybridized carbons (Fsp3) is 0.778. The minimum atomic E-state index is 0.649. The fourth-order valence-corrected chi connectivity index (χ4v) is 2.98. The first-order valence-electron chi connectivity index (χ1n) is 4.68. The molecule has 2 nitrogen and oxygen atoms in total. The first kappa shape index (κ1) is 9.41. The second-order valence-corrected chi connectivity index (χ2v) is 5.22. The molecule has 4 heteroatoms. The average Bonchev–Trinajstić information content (AvgIpc) is 2.48. The molecular weight excluding hydrogens is 204 g/mol. The predicted octanol–water partition coefficient (Wildman–Crippen LogP) is 2.83. The molecule has 0 amide bonds. The quantitative estimate of drug-likeness (QED) is 0.727. The van der Waals surface area contributed by atoms with E-state index in [1.165, 1.54) is 17.8 Å². The van der Waals surface area contributed by atoms with Crippen LogP contribution in [0.25, 0.3) is 0 Å². The van der Waals surface area contributed by atoms with Crippen molar-refractivity contribution in [3.8, 4) is 0 Å². The van der Waals surface area contributed by atoms with E-state index in [0.29, 0.717) is 11.8 Å². The highest BCUT2D eigenvalue weighted by molar-refractivity contribution is 7.11. The summed E-state index contributed by atoms with van der Waals surface area (Å²) in [6.07, 6.45) is 3.44. The highest BCUT2D eigenvalue weighted by atomic mass is 35.5. The van der Waals surface area contributed by atoms with Crippen LogP contribution in [0.15, 0.2) is 0 Å². The van der Waals surface area contributed by atoms with Gasteiger partial charge in [-0.2, -0.15) is 0 Å². The van der Waals surface area contributed by atoms with Crippen molar-refractivity contribution in [2.45, 2.75) is 32.1 Å². The minimum absolute atomic E-state index is 0.649. The summed E-state index contributed by atoms with van der Waals surface area (Å²) in [7, 11) is 0. The third-order valence-corrected chi connectivity index (χ3v) is 3.85. The van der Waals surface area contributed by atoms with E-state index in [0.717, 1.165) is 17.3 Å². The van der Waals surface area contributed by atoms with Crippen molar-refractivity contribution in [2.75, 3.05) is 5.88 Å². The van der Waals surface area contributed by atoms with Gasteiger partial charge in [0.15, 0.2) is 0 Å². The van der Waals surface area contributed by atoms with Gasteiger partial charge in [0.1, 0.15) is 10.0 Å². The van der Waals surface area contributed by atoms with E-state index in [2.05, 4.69) is 17.1 Å². The summed E-state index contributed by atoms with van der Waals surface area (Å²) in [6.45, 7) is 2.29. The van der Waals surface area contributed by atoms with Gasteiger partial charge in [0.05, 0.1) is 0 Å². The van der Waals surface area contributed by atoms with Gasteiger partial charge in [-0.15, -0.1) is 33.1 Å². The number of halogens is 1. The van der Waals surface area contributed by atoms with Gasteiger partial charge in [-0.1, -0.05) is 6.92 Å². The molecule has 1 aliphatic rings. The maximum Gasteiger partial charge on any atom is 0.120 e. The van der Waals surface area contributed by atoms with E-state index in [9.17, 15) is 0 Å². The smallest absolute Gasteiger partial charge is 0.120 e. The normalized spacial score (nSPS) is 27.2. The summed E-state index contributed by atoms with van der Waals surface area (Å²) in [5, 5.41) is 10.6. The zero-order valence-corrected chi connectivity index (χ0v) is 9.24. The van der Waals surface area contributed by atoms with Crippen LogP contribution < -0.4 is 0 Å². The molecule has 72 valence electrons. The van der Waals surface area contributed by atoms with Crippen molar-refractivity contribution in [3.63, 3.8) is 0 Å². The van der Waals surface area contributed by atoms with Crippen LogP contribution in [0.4, 0.5) is 0 Å². The Balaban J connectivity index is 1.97. The second-order valence-electron chi connectivity index (χ2n) is 3.75. The Morgan fingerprint density at radius 2 is 2.23 bits per heavy atom. The second kappa shape index (κ2) is 3.93. The van der Waals surface area contributed by atoms with E-state index < -0.39 is 0 Å². The lowest BCUT2D eigenvalue weighted by molar-refractivity contribution is 0.287. The van der Waals surface area contributed by atoms with Gasteiger partial charge in [-0.3, -0.25) is 0 Å². The SMILES string of the molecule is CC1CC(c2nnc(CCCl)s2)C1. The largest absolute Gasteiger partial charge is 0.144 e. The first-order chi connectivity index (χ1) is 6.29. The van der Waals surface area contributed by atoms with Gasteiger partial charge in [-0.05, 0) is 18.8 Å². The monoisotopic (exact) mass is 216 g/mol. The Morgan fingerprint density at radius 3 is 2.85 bits per heavy atom. The topological polar surface area (TPSA) is 25.8 Å².